The summed E-state index contributed by atoms with van der Waals surface area (Å²) < 4.78 is 11.3. The van der Waals surface area contributed by atoms with E-state index in [1.165, 1.54) is 31.2 Å². The molecule has 1 aromatic rings. The maximum absolute atomic E-state index is 5.70. The van der Waals surface area contributed by atoms with Gasteiger partial charge in [0.05, 0.1) is 0 Å². The van der Waals surface area contributed by atoms with E-state index in [0.29, 0.717) is 18.6 Å². The molecule has 1 fully saturated rings. The van der Waals surface area contributed by atoms with Gasteiger partial charge in [-0.2, -0.15) is 0 Å². The summed E-state index contributed by atoms with van der Waals surface area (Å²) >= 11 is 0. The summed E-state index contributed by atoms with van der Waals surface area (Å²) in [6.45, 7) is 2.37. The minimum Gasteiger partial charge on any atom is -0.486 e. The maximum atomic E-state index is 5.70. The first-order valence-corrected chi connectivity index (χ1v) is 6.89. The lowest BCUT2D eigenvalue weighted by Crippen LogP contribution is -2.34. The van der Waals surface area contributed by atoms with Crippen LogP contribution in [-0.2, 0) is 5.41 Å². The third kappa shape index (κ3) is 1.97. The predicted octanol–water partition coefficient (Wildman–Crippen LogP) is 2.49. The van der Waals surface area contributed by atoms with Crippen LogP contribution in [0.15, 0.2) is 18.2 Å². The number of likely N-dealkylation sites (N-methyl/N-ethyl adjacent to an activating group) is 1. The number of fused-ring (bicyclic) bond motifs is 1. The molecule has 98 valence electrons. The van der Waals surface area contributed by atoms with Crippen molar-refractivity contribution in [3.8, 4) is 11.5 Å². The van der Waals surface area contributed by atoms with Crippen LogP contribution in [0.4, 0.5) is 0 Å². The highest BCUT2D eigenvalue weighted by atomic mass is 16.6. The van der Waals surface area contributed by atoms with E-state index in [9.17, 15) is 0 Å². The van der Waals surface area contributed by atoms with E-state index < -0.39 is 0 Å². The van der Waals surface area contributed by atoms with Crippen molar-refractivity contribution >= 4 is 0 Å². The van der Waals surface area contributed by atoms with Crippen molar-refractivity contribution < 1.29 is 9.47 Å². The summed E-state index contributed by atoms with van der Waals surface area (Å²) in [6, 6.07) is 6.48. The molecule has 0 aromatic heterocycles. The molecule has 0 atom stereocenters. The lowest BCUT2D eigenvalue weighted by molar-refractivity contribution is 0.171. The van der Waals surface area contributed by atoms with Crippen LogP contribution < -0.4 is 14.8 Å². The molecular weight excluding hydrogens is 226 g/mol. The molecule has 0 amide bonds. The second-order valence-electron chi connectivity index (χ2n) is 5.38. The lowest BCUT2D eigenvalue weighted by Gasteiger charge is -2.31. The fraction of sp³-hybridized carbons (Fsp3) is 0.600. The van der Waals surface area contributed by atoms with Gasteiger partial charge in [0.15, 0.2) is 11.5 Å². The highest BCUT2D eigenvalue weighted by molar-refractivity contribution is 5.46. The van der Waals surface area contributed by atoms with Gasteiger partial charge in [-0.3, -0.25) is 0 Å². The fourth-order valence-corrected chi connectivity index (χ4v) is 3.33. The molecule has 1 saturated carbocycles. The van der Waals surface area contributed by atoms with Gasteiger partial charge < -0.3 is 14.8 Å². The van der Waals surface area contributed by atoms with Gasteiger partial charge in [-0.05, 0) is 37.6 Å². The Morgan fingerprint density at radius 3 is 2.56 bits per heavy atom. The topological polar surface area (TPSA) is 30.5 Å². The van der Waals surface area contributed by atoms with Crippen molar-refractivity contribution in [3.63, 3.8) is 0 Å². The predicted molar refractivity (Wildman–Crippen MR) is 71.5 cm³/mol. The molecule has 1 N–H and O–H groups in total. The summed E-state index contributed by atoms with van der Waals surface area (Å²) in [5, 5.41) is 3.36. The minimum atomic E-state index is 0.296. The normalized spacial score (nSPS) is 20.9. The molecule has 1 aliphatic carbocycles. The van der Waals surface area contributed by atoms with Crippen molar-refractivity contribution in [1.82, 2.24) is 5.32 Å². The molecule has 3 nitrogen and oxygen atoms in total. The van der Waals surface area contributed by atoms with Crippen LogP contribution >= 0.6 is 0 Å². The molecule has 0 bridgehead atoms. The highest BCUT2D eigenvalue weighted by Crippen LogP contribution is 2.43. The van der Waals surface area contributed by atoms with Gasteiger partial charge in [0, 0.05) is 12.0 Å². The number of benzene rings is 1. The summed E-state index contributed by atoms with van der Waals surface area (Å²) in [4.78, 5) is 0. The van der Waals surface area contributed by atoms with Crippen LogP contribution in [0, 0.1) is 0 Å². The van der Waals surface area contributed by atoms with Gasteiger partial charge in [0.2, 0.25) is 0 Å². The van der Waals surface area contributed by atoms with E-state index in [0.717, 1.165) is 18.0 Å². The van der Waals surface area contributed by atoms with Crippen LogP contribution in [-0.4, -0.2) is 26.8 Å². The summed E-state index contributed by atoms with van der Waals surface area (Å²) in [5.74, 6) is 1.81. The van der Waals surface area contributed by atoms with E-state index in [4.69, 9.17) is 9.47 Å². The number of hydrogen-bond donors (Lipinski definition) is 1. The fourth-order valence-electron chi connectivity index (χ4n) is 3.33. The molecule has 0 unspecified atom stereocenters. The molecule has 3 rings (SSSR count). The monoisotopic (exact) mass is 247 g/mol. The summed E-state index contributed by atoms with van der Waals surface area (Å²) in [5.41, 5.74) is 1.70. The van der Waals surface area contributed by atoms with Crippen LogP contribution in [0.1, 0.15) is 31.2 Å². The van der Waals surface area contributed by atoms with E-state index >= 15 is 0 Å². The third-order valence-electron chi connectivity index (χ3n) is 4.23. The van der Waals surface area contributed by atoms with E-state index in [1.807, 2.05) is 7.05 Å². The molecule has 0 saturated heterocycles. The molecule has 1 heterocycles. The first kappa shape index (κ1) is 11.8. The average Bonchev–Trinajstić information content (AvgIpc) is 2.88. The largest absolute Gasteiger partial charge is 0.486 e. The zero-order valence-corrected chi connectivity index (χ0v) is 11.0. The van der Waals surface area contributed by atoms with Gasteiger partial charge in [0.25, 0.3) is 0 Å². The average molecular weight is 247 g/mol. The summed E-state index contributed by atoms with van der Waals surface area (Å²) in [6.07, 6.45) is 5.20. The third-order valence-corrected chi connectivity index (χ3v) is 4.23. The van der Waals surface area contributed by atoms with Gasteiger partial charge >= 0.3 is 0 Å². The van der Waals surface area contributed by atoms with Crippen molar-refractivity contribution in [2.45, 2.75) is 31.1 Å². The van der Waals surface area contributed by atoms with Gasteiger partial charge in [-0.1, -0.05) is 18.9 Å². The number of ether oxygens (including phenoxy) is 2. The van der Waals surface area contributed by atoms with E-state index in [2.05, 4.69) is 23.5 Å². The smallest absolute Gasteiger partial charge is 0.161 e. The first-order valence-electron chi connectivity index (χ1n) is 6.89. The Hall–Kier alpha value is -1.22. The van der Waals surface area contributed by atoms with Crippen LogP contribution in [0.3, 0.4) is 0 Å². The Bertz CT molecular complexity index is 425. The molecule has 18 heavy (non-hydrogen) atoms. The lowest BCUT2D eigenvalue weighted by atomic mass is 9.78. The minimum absolute atomic E-state index is 0.296. The van der Waals surface area contributed by atoms with Crippen molar-refractivity contribution in [2.75, 3.05) is 26.8 Å². The van der Waals surface area contributed by atoms with Crippen molar-refractivity contribution in [1.29, 1.82) is 0 Å². The second-order valence-corrected chi connectivity index (χ2v) is 5.38. The highest BCUT2D eigenvalue weighted by Gasteiger charge is 2.35. The van der Waals surface area contributed by atoms with Gasteiger partial charge in [-0.15, -0.1) is 0 Å². The Morgan fingerprint density at radius 2 is 1.83 bits per heavy atom. The molecule has 1 aliphatic heterocycles. The number of rotatable bonds is 3. The van der Waals surface area contributed by atoms with Crippen LogP contribution in [0.25, 0.3) is 0 Å². The Balaban J connectivity index is 1.94. The standard InChI is InChI=1S/C15H21NO2/c1-16-11-15(6-2-3-7-15)12-4-5-13-14(10-12)18-9-8-17-13/h4-5,10,16H,2-3,6-9,11H2,1H3. The number of hydrogen-bond acceptors (Lipinski definition) is 3. The molecule has 2 aliphatic rings. The Morgan fingerprint density at radius 1 is 1.11 bits per heavy atom. The van der Waals surface area contributed by atoms with E-state index in [-0.39, 0.29) is 0 Å². The molecule has 0 radical (unpaired) electrons. The maximum Gasteiger partial charge on any atom is 0.161 e. The van der Waals surface area contributed by atoms with E-state index in [1.54, 1.807) is 0 Å². The zero-order chi connectivity index (χ0) is 12.4. The van der Waals surface area contributed by atoms with Crippen molar-refractivity contribution in [2.24, 2.45) is 0 Å². The Labute approximate surface area is 108 Å². The SMILES string of the molecule is CNCC1(c2ccc3c(c2)OCCO3)CCCC1. The van der Waals surface area contributed by atoms with Crippen LogP contribution in [0.5, 0.6) is 11.5 Å². The molecular formula is C15H21NO2. The quantitative estimate of drug-likeness (QED) is 0.890. The number of nitrogens with one attached hydrogen (secondary N) is 1. The van der Waals surface area contributed by atoms with Crippen molar-refractivity contribution in [3.05, 3.63) is 23.8 Å². The van der Waals surface area contributed by atoms with Gasteiger partial charge in [-0.25, -0.2) is 0 Å². The Kier molecular flexibility index (Phi) is 3.16. The zero-order valence-electron chi connectivity index (χ0n) is 11.0. The molecule has 0 spiro atoms. The summed E-state index contributed by atoms with van der Waals surface area (Å²) in [7, 11) is 2.04. The molecule has 3 heteroatoms. The first-order chi connectivity index (χ1) is 8.84. The van der Waals surface area contributed by atoms with Crippen LogP contribution in [0.2, 0.25) is 0 Å². The molecule has 1 aromatic carbocycles. The second kappa shape index (κ2) is 4.81. The van der Waals surface area contributed by atoms with Gasteiger partial charge in [0.1, 0.15) is 13.2 Å².